The summed E-state index contributed by atoms with van der Waals surface area (Å²) in [6.45, 7) is 1.37. The Morgan fingerprint density at radius 2 is 2.12 bits per heavy atom. The fraction of sp³-hybridized carbons (Fsp3) is 0.294. The largest absolute Gasteiger partial charge is 0.337 e. The summed E-state index contributed by atoms with van der Waals surface area (Å²) in [5, 5.41) is 6.17. The molecule has 0 N–H and O–H groups in total. The van der Waals surface area contributed by atoms with E-state index in [1.54, 1.807) is 11.0 Å². The number of aromatic nitrogens is 4. The van der Waals surface area contributed by atoms with Crippen LogP contribution in [0.4, 0.5) is 0 Å². The molecule has 0 fully saturated rings. The molecular weight excluding hydrogens is 322 g/mol. The van der Waals surface area contributed by atoms with Crippen molar-refractivity contribution in [3.05, 3.63) is 52.4 Å². The molecule has 0 unspecified atom stereocenters. The van der Waals surface area contributed by atoms with E-state index in [4.69, 9.17) is 0 Å². The summed E-state index contributed by atoms with van der Waals surface area (Å²) >= 11 is 1.49. The molecule has 122 valence electrons. The molecule has 0 bridgehead atoms. The van der Waals surface area contributed by atoms with Gasteiger partial charge in [0.15, 0.2) is 0 Å². The van der Waals surface area contributed by atoms with Gasteiger partial charge in [0, 0.05) is 49.6 Å². The first-order valence-electron chi connectivity index (χ1n) is 7.87. The molecule has 4 heterocycles. The van der Waals surface area contributed by atoms with Crippen LogP contribution in [0.1, 0.15) is 20.9 Å². The summed E-state index contributed by atoms with van der Waals surface area (Å²) < 4.78 is 1.77. The van der Waals surface area contributed by atoms with E-state index >= 15 is 0 Å². The molecule has 3 aromatic heterocycles. The SMILES string of the molecule is Cn1cc(-c2ncnc3c2CCN(C(=O)c2cccs2)CC3)cn1. The predicted octanol–water partition coefficient (Wildman–Crippen LogP) is 2.18. The fourth-order valence-corrected chi connectivity index (χ4v) is 3.77. The molecule has 6 nitrogen and oxygen atoms in total. The molecule has 0 radical (unpaired) electrons. The average molecular weight is 339 g/mol. The maximum absolute atomic E-state index is 12.6. The summed E-state index contributed by atoms with van der Waals surface area (Å²) in [6.07, 6.45) is 6.90. The minimum atomic E-state index is 0.105. The van der Waals surface area contributed by atoms with Gasteiger partial charge < -0.3 is 4.90 Å². The van der Waals surface area contributed by atoms with Gasteiger partial charge in [-0.05, 0) is 17.9 Å². The number of hydrogen-bond donors (Lipinski definition) is 0. The third kappa shape index (κ3) is 2.71. The second-order valence-corrected chi connectivity index (χ2v) is 6.77. The van der Waals surface area contributed by atoms with Crippen LogP contribution in [-0.4, -0.2) is 43.6 Å². The lowest BCUT2D eigenvalue weighted by Crippen LogP contribution is -2.32. The number of fused-ring (bicyclic) bond motifs is 1. The Balaban J connectivity index is 1.62. The lowest BCUT2D eigenvalue weighted by molar-refractivity contribution is 0.0768. The van der Waals surface area contributed by atoms with Crippen molar-refractivity contribution in [2.24, 2.45) is 7.05 Å². The Bertz CT molecular complexity index is 871. The van der Waals surface area contributed by atoms with Gasteiger partial charge in [-0.15, -0.1) is 11.3 Å². The highest BCUT2D eigenvalue weighted by Crippen LogP contribution is 2.26. The summed E-state index contributed by atoms with van der Waals surface area (Å²) in [5.41, 5.74) is 4.09. The molecule has 1 aliphatic heterocycles. The normalized spacial score (nSPS) is 14.3. The Hall–Kier alpha value is -2.54. The highest BCUT2D eigenvalue weighted by Gasteiger charge is 2.23. The third-order valence-corrected chi connectivity index (χ3v) is 5.14. The van der Waals surface area contributed by atoms with Crippen LogP contribution in [0.3, 0.4) is 0 Å². The van der Waals surface area contributed by atoms with E-state index in [1.807, 2.05) is 41.9 Å². The maximum Gasteiger partial charge on any atom is 0.263 e. The van der Waals surface area contributed by atoms with E-state index in [9.17, 15) is 4.79 Å². The molecule has 7 heteroatoms. The molecule has 1 amide bonds. The molecule has 0 spiro atoms. The molecule has 0 aliphatic carbocycles. The molecular formula is C17H17N5OS. The van der Waals surface area contributed by atoms with E-state index < -0.39 is 0 Å². The zero-order chi connectivity index (χ0) is 16.5. The minimum absolute atomic E-state index is 0.105. The van der Waals surface area contributed by atoms with Crippen LogP contribution >= 0.6 is 11.3 Å². The summed E-state index contributed by atoms with van der Waals surface area (Å²) in [7, 11) is 1.89. The van der Waals surface area contributed by atoms with Crippen LogP contribution in [-0.2, 0) is 19.9 Å². The first-order valence-corrected chi connectivity index (χ1v) is 8.75. The number of rotatable bonds is 2. The number of aryl methyl sites for hydroxylation is 1. The van der Waals surface area contributed by atoms with E-state index in [0.717, 1.165) is 40.2 Å². The second-order valence-electron chi connectivity index (χ2n) is 5.82. The van der Waals surface area contributed by atoms with Crippen LogP contribution in [0.15, 0.2) is 36.2 Å². The lowest BCUT2D eigenvalue weighted by atomic mass is 10.0. The smallest absolute Gasteiger partial charge is 0.263 e. The van der Waals surface area contributed by atoms with Crippen molar-refractivity contribution in [1.82, 2.24) is 24.6 Å². The molecule has 3 aromatic rings. The lowest BCUT2D eigenvalue weighted by Gasteiger charge is -2.19. The standard InChI is InChI=1S/C17H17N5OS/c1-21-10-12(9-20-21)16-13-4-6-22(7-5-14(13)18-11-19-16)17(23)15-3-2-8-24-15/h2-3,8-11H,4-7H2,1H3. The summed E-state index contributed by atoms with van der Waals surface area (Å²) in [6, 6.07) is 3.79. The number of carbonyl (C=O) groups excluding carboxylic acids is 1. The molecule has 0 atom stereocenters. The Kier molecular flexibility index (Phi) is 3.86. The van der Waals surface area contributed by atoms with E-state index in [-0.39, 0.29) is 5.91 Å². The van der Waals surface area contributed by atoms with Gasteiger partial charge in [-0.2, -0.15) is 5.10 Å². The van der Waals surface area contributed by atoms with E-state index in [1.165, 1.54) is 11.3 Å². The molecule has 1 aliphatic rings. The monoisotopic (exact) mass is 339 g/mol. The van der Waals surface area contributed by atoms with Crippen molar-refractivity contribution in [3.63, 3.8) is 0 Å². The maximum atomic E-state index is 12.6. The van der Waals surface area contributed by atoms with Gasteiger partial charge >= 0.3 is 0 Å². The van der Waals surface area contributed by atoms with Gasteiger partial charge in [0.1, 0.15) is 6.33 Å². The molecule has 24 heavy (non-hydrogen) atoms. The first kappa shape index (κ1) is 15.0. The zero-order valence-corrected chi connectivity index (χ0v) is 14.2. The fourth-order valence-electron chi connectivity index (χ4n) is 3.08. The molecule has 0 aromatic carbocycles. The van der Waals surface area contributed by atoms with Crippen molar-refractivity contribution in [1.29, 1.82) is 0 Å². The summed E-state index contributed by atoms with van der Waals surface area (Å²) in [4.78, 5) is 24.2. The summed E-state index contributed by atoms with van der Waals surface area (Å²) in [5.74, 6) is 0.105. The molecule has 4 rings (SSSR count). The second kappa shape index (κ2) is 6.16. The third-order valence-electron chi connectivity index (χ3n) is 4.28. The predicted molar refractivity (Wildman–Crippen MR) is 91.9 cm³/mol. The highest BCUT2D eigenvalue weighted by atomic mass is 32.1. The highest BCUT2D eigenvalue weighted by molar-refractivity contribution is 7.12. The number of amides is 1. The Labute approximate surface area is 143 Å². The van der Waals surface area contributed by atoms with Gasteiger partial charge in [-0.1, -0.05) is 6.07 Å². The topological polar surface area (TPSA) is 63.9 Å². The van der Waals surface area contributed by atoms with E-state index in [2.05, 4.69) is 15.1 Å². The van der Waals surface area contributed by atoms with Gasteiger partial charge in [0.25, 0.3) is 5.91 Å². The number of thiophene rings is 1. The van der Waals surface area contributed by atoms with Gasteiger partial charge in [0.2, 0.25) is 0 Å². The van der Waals surface area contributed by atoms with Crippen molar-refractivity contribution in [2.45, 2.75) is 12.8 Å². The van der Waals surface area contributed by atoms with Gasteiger partial charge in [-0.3, -0.25) is 9.48 Å². The van der Waals surface area contributed by atoms with Crippen molar-refractivity contribution >= 4 is 17.2 Å². The number of carbonyl (C=O) groups is 1. The quantitative estimate of drug-likeness (QED) is 0.718. The van der Waals surface area contributed by atoms with Crippen LogP contribution < -0.4 is 0 Å². The van der Waals surface area contributed by atoms with Crippen LogP contribution in [0, 0.1) is 0 Å². The van der Waals surface area contributed by atoms with Crippen LogP contribution in [0.2, 0.25) is 0 Å². The van der Waals surface area contributed by atoms with Crippen LogP contribution in [0.25, 0.3) is 11.3 Å². The van der Waals surface area contributed by atoms with Crippen molar-refractivity contribution in [3.8, 4) is 11.3 Å². The van der Waals surface area contributed by atoms with E-state index in [0.29, 0.717) is 13.1 Å². The van der Waals surface area contributed by atoms with Crippen molar-refractivity contribution in [2.75, 3.05) is 13.1 Å². The van der Waals surface area contributed by atoms with Crippen molar-refractivity contribution < 1.29 is 4.79 Å². The minimum Gasteiger partial charge on any atom is -0.337 e. The first-order chi connectivity index (χ1) is 11.7. The van der Waals surface area contributed by atoms with Crippen LogP contribution in [0.5, 0.6) is 0 Å². The molecule has 0 saturated carbocycles. The zero-order valence-electron chi connectivity index (χ0n) is 13.3. The number of nitrogens with zero attached hydrogens (tertiary/aromatic N) is 5. The molecule has 0 saturated heterocycles. The average Bonchev–Trinajstić information content (AvgIpc) is 3.22. The Morgan fingerprint density at radius 3 is 2.88 bits per heavy atom. The van der Waals surface area contributed by atoms with Gasteiger partial charge in [0.05, 0.1) is 16.8 Å². The van der Waals surface area contributed by atoms with Gasteiger partial charge in [-0.25, -0.2) is 9.97 Å². The number of hydrogen-bond acceptors (Lipinski definition) is 5. The Morgan fingerprint density at radius 1 is 1.25 bits per heavy atom.